The van der Waals surface area contributed by atoms with Gasteiger partial charge in [0.1, 0.15) is 0 Å². The van der Waals surface area contributed by atoms with Gasteiger partial charge in [0.05, 0.1) is 11.1 Å². The molecule has 102 valence electrons. The molecule has 0 saturated heterocycles. The fourth-order valence-electron chi connectivity index (χ4n) is 2.69. The molecule has 3 rings (SSSR count). The van der Waals surface area contributed by atoms with Gasteiger partial charge in [-0.15, -0.1) is 0 Å². The highest BCUT2D eigenvalue weighted by atomic mass is 16.4. The minimum atomic E-state index is -1.12. The third-order valence-electron chi connectivity index (χ3n) is 3.79. The molecule has 0 aliphatic heterocycles. The Kier molecular flexibility index (Phi) is 3.88. The maximum Gasteiger partial charge on any atom is 0.335 e. The van der Waals surface area contributed by atoms with Gasteiger partial charge >= 0.3 is 11.9 Å². The van der Waals surface area contributed by atoms with Crippen LogP contribution in [0.1, 0.15) is 52.0 Å². The van der Waals surface area contributed by atoms with Gasteiger partial charge in [0, 0.05) is 0 Å². The number of aromatic carboxylic acids is 2. The van der Waals surface area contributed by atoms with Crippen LogP contribution < -0.4 is 0 Å². The summed E-state index contributed by atoms with van der Waals surface area (Å²) in [6, 6.07) is 3.99. The van der Waals surface area contributed by atoms with Crippen LogP contribution in [0.15, 0.2) is 18.2 Å². The van der Waals surface area contributed by atoms with Crippen LogP contribution in [0.2, 0.25) is 0 Å². The van der Waals surface area contributed by atoms with Crippen LogP contribution in [0.25, 0.3) is 0 Å². The van der Waals surface area contributed by atoms with Crippen LogP contribution in [0.4, 0.5) is 0 Å². The van der Waals surface area contributed by atoms with Crippen molar-refractivity contribution in [3.63, 3.8) is 0 Å². The minimum absolute atomic E-state index is 0.00241. The number of carbonyl (C=O) groups is 2. The normalized spacial score (nSPS) is 23.0. The van der Waals surface area contributed by atoms with Crippen molar-refractivity contribution in [2.45, 2.75) is 32.6 Å². The Labute approximate surface area is 112 Å². The summed E-state index contributed by atoms with van der Waals surface area (Å²) < 4.78 is 0. The lowest BCUT2D eigenvalue weighted by Gasteiger charge is -1.99. The molecule has 2 N–H and O–H groups in total. The Hall–Kier alpha value is -1.84. The van der Waals surface area contributed by atoms with Crippen molar-refractivity contribution in [1.29, 1.82) is 0 Å². The van der Waals surface area contributed by atoms with Crippen molar-refractivity contribution in [2.75, 3.05) is 0 Å². The van der Waals surface area contributed by atoms with Gasteiger partial charge in [0.15, 0.2) is 0 Å². The number of hydrogen-bond donors (Lipinski definition) is 2. The molecule has 1 aromatic rings. The Morgan fingerprint density at radius 3 is 1.74 bits per heavy atom. The summed E-state index contributed by atoms with van der Waals surface area (Å²) in [6.45, 7) is 1.65. The van der Waals surface area contributed by atoms with Gasteiger partial charge in [-0.25, -0.2) is 9.59 Å². The van der Waals surface area contributed by atoms with Gasteiger partial charge in [-0.3, -0.25) is 0 Å². The van der Waals surface area contributed by atoms with Crippen molar-refractivity contribution >= 4 is 11.9 Å². The molecule has 0 bridgehead atoms. The molecule has 4 nitrogen and oxygen atoms in total. The molecule has 0 amide bonds. The van der Waals surface area contributed by atoms with E-state index in [9.17, 15) is 9.59 Å². The number of hydrogen-bond acceptors (Lipinski definition) is 2. The molecule has 2 fully saturated rings. The first-order valence-corrected chi connectivity index (χ1v) is 6.55. The lowest BCUT2D eigenvalue weighted by Crippen LogP contribution is -2.02. The zero-order chi connectivity index (χ0) is 14.0. The second-order valence-electron chi connectivity index (χ2n) is 5.38. The zero-order valence-electron chi connectivity index (χ0n) is 10.9. The Morgan fingerprint density at radius 1 is 1.00 bits per heavy atom. The molecule has 0 aromatic heterocycles. The molecule has 19 heavy (non-hydrogen) atoms. The SMILES string of the molecule is C1CC2CC2C1.Cc1cc(C(=O)O)cc(C(=O)O)c1. The number of carboxylic acids is 2. The summed E-state index contributed by atoms with van der Waals surface area (Å²) in [4.78, 5) is 21.1. The van der Waals surface area contributed by atoms with Crippen molar-refractivity contribution < 1.29 is 19.8 Å². The predicted molar refractivity (Wildman–Crippen MR) is 70.5 cm³/mol. The fourth-order valence-corrected chi connectivity index (χ4v) is 2.69. The number of aryl methyl sites for hydroxylation is 1. The van der Waals surface area contributed by atoms with Gasteiger partial charge in [0.25, 0.3) is 0 Å². The van der Waals surface area contributed by atoms with E-state index in [2.05, 4.69) is 0 Å². The first kappa shape index (κ1) is 13.6. The Morgan fingerprint density at radius 2 is 1.47 bits per heavy atom. The standard InChI is InChI=1S/C9H8O4.C6H10/c1-5-2-6(8(10)11)4-7(3-5)9(12)13;1-2-5-4-6(5)3-1/h2-4H,1H3,(H,10,11)(H,12,13);5-6H,1-4H2. The van der Waals surface area contributed by atoms with Crippen LogP contribution in [-0.4, -0.2) is 22.2 Å². The third kappa shape index (κ3) is 3.56. The molecule has 2 aliphatic carbocycles. The van der Waals surface area contributed by atoms with Gasteiger partial charge in [-0.2, -0.15) is 0 Å². The van der Waals surface area contributed by atoms with E-state index in [4.69, 9.17) is 10.2 Å². The summed E-state index contributed by atoms with van der Waals surface area (Å²) in [5.41, 5.74) is 0.618. The third-order valence-corrected chi connectivity index (χ3v) is 3.79. The molecule has 0 spiro atoms. The molecular formula is C15H18O4. The molecular weight excluding hydrogens is 244 g/mol. The first-order chi connectivity index (χ1) is 8.97. The quantitative estimate of drug-likeness (QED) is 0.858. The van der Waals surface area contributed by atoms with Crippen LogP contribution in [0, 0.1) is 18.8 Å². The number of rotatable bonds is 2. The Bertz CT molecular complexity index is 467. The zero-order valence-corrected chi connectivity index (χ0v) is 10.9. The van der Waals surface area contributed by atoms with E-state index in [1.54, 1.807) is 26.2 Å². The highest BCUT2D eigenvalue weighted by molar-refractivity contribution is 5.94. The van der Waals surface area contributed by atoms with Crippen molar-refractivity contribution in [2.24, 2.45) is 11.8 Å². The van der Waals surface area contributed by atoms with Crippen LogP contribution >= 0.6 is 0 Å². The molecule has 1 aromatic carbocycles. The topological polar surface area (TPSA) is 74.6 Å². The molecule has 0 heterocycles. The van der Waals surface area contributed by atoms with Crippen LogP contribution in [-0.2, 0) is 0 Å². The summed E-state index contributed by atoms with van der Waals surface area (Å²) in [6.07, 6.45) is 6.24. The van der Waals surface area contributed by atoms with Crippen molar-refractivity contribution in [3.05, 3.63) is 34.9 Å². The van der Waals surface area contributed by atoms with Gasteiger partial charge < -0.3 is 10.2 Å². The molecule has 2 saturated carbocycles. The van der Waals surface area contributed by atoms with Crippen molar-refractivity contribution in [3.8, 4) is 0 Å². The van der Waals surface area contributed by atoms with Crippen LogP contribution in [0.3, 0.4) is 0 Å². The second-order valence-corrected chi connectivity index (χ2v) is 5.38. The number of benzene rings is 1. The predicted octanol–water partition coefficient (Wildman–Crippen LogP) is 3.20. The van der Waals surface area contributed by atoms with E-state index in [0.29, 0.717) is 5.56 Å². The average molecular weight is 262 g/mol. The van der Waals surface area contributed by atoms with Gasteiger partial charge in [0.2, 0.25) is 0 Å². The van der Waals surface area contributed by atoms with Crippen LogP contribution in [0.5, 0.6) is 0 Å². The minimum Gasteiger partial charge on any atom is -0.478 e. The second kappa shape index (κ2) is 5.43. The number of carboxylic acid groups (broad SMARTS) is 2. The Balaban J connectivity index is 0.000000180. The summed E-state index contributed by atoms with van der Waals surface area (Å²) >= 11 is 0. The smallest absolute Gasteiger partial charge is 0.335 e. The lowest BCUT2D eigenvalue weighted by molar-refractivity contribution is 0.0696. The number of fused-ring (bicyclic) bond motifs is 1. The largest absolute Gasteiger partial charge is 0.478 e. The van der Waals surface area contributed by atoms with E-state index in [0.717, 1.165) is 6.07 Å². The van der Waals surface area contributed by atoms with Gasteiger partial charge in [-0.1, -0.05) is 19.3 Å². The summed E-state index contributed by atoms with van der Waals surface area (Å²) in [5.74, 6) is 0.187. The van der Waals surface area contributed by atoms with E-state index in [1.165, 1.54) is 30.4 Å². The van der Waals surface area contributed by atoms with E-state index in [1.807, 2.05) is 0 Å². The lowest BCUT2D eigenvalue weighted by atomic mass is 10.1. The summed E-state index contributed by atoms with van der Waals surface area (Å²) in [5, 5.41) is 17.2. The van der Waals surface area contributed by atoms with E-state index in [-0.39, 0.29) is 11.1 Å². The fraction of sp³-hybridized carbons (Fsp3) is 0.467. The molecule has 2 atom stereocenters. The molecule has 0 radical (unpaired) electrons. The first-order valence-electron chi connectivity index (χ1n) is 6.55. The monoisotopic (exact) mass is 262 g/mol. The molecule has 2 unspecified atom stereocenters. The highest BCUT2D eigenvalue weighted by Gasteiger charge is 2.40. The summed E-state index contributed by atoms with van der Waals surface area (Å²) in [7, 11) is 0. The molecule has 2 aliphatic rings. The maximum absolute atomic E-state index is 10.5. The van der Waals surface area contributed by atoms with E-state index >= 15 is 0 Å². The highest BCUT2D eigenvalue weighted by Crippen LogP contribution is 2.51. The van der Waals surface area contributed by atoms with Gasteiger partial charge in [-0.05, 0) is 48.9 Å². The average Bonchev–Trinajstić information content (AvgIpc) is 2.96. The maximum atomic E-state index is 10.5. The van der Waals surface area contributed by atoms with E-state index < -0.39 is 11.9 Å². The van der Waals surface area contributed by atoms with Crippen molar-refractivity contribution in [1.82, 2.24) is 0 Å². The molecule has 4 heteroatoms.